The molecule has 0 saturated carbocycles. The number of halogens is 1. The topological polar surface area (TPSA) is 58.9 Å². The summed E-state index contributed by atoms with van der Waals surface area (Å²) in [6.45, 7) is 0. The highest BCUT2D eigenvalue weighted by Crippen LogP contribution is 2.16. The first kappa shape index (κ1) is 9.44. The Morgan fingerprint density at radius 3 is 2.33 bits per heavy atom. The Bertz CT molecular complexity index is 236. The molecule has 0 fully saturated rings. The van der Waals surface area contributed by atoms with E-state index in [4.69, 9.17) is 22.0 Å². The van der Waals surface area contributed by atoms with Crippen LogP contribution in [0.3, 0.4) is 0 Å². The largest absolute Gasteiger partial charge is 0.362 e. The van der Waals surface area contributed by atoms with Gasteiger partial charge in [-0.25, -0.2) is 5.26 Å². The van der Waals surface area contributed by atoms with Gasteiger partial charge in [0, 0.05) is 10.6 Å². The van der Waals surface area contributed by atoms with E-state index in [9.17, 15) is 0 Å². The van der Waals surface area contributed by atoms with Crippen LogP contribution in [0.2, 0.25) is 5.02 Å². The van der Waals surface area contributed by atoms with Crippen molar-refractivity contribution in [2.24, 2.45) is 0 Å². The molecular weight excluding hydrogens is 184 g/mol. The second kappa shape index (κ2) is 4.39. The molecule has 66 valence electrons. The number of aliphatic hydroxyl groups is 1. The molecule has 0 aliphatic carbocycles. The molecule has 0 bridgehead atoms. The summed E-state index contributed by atoms with van der Waals surface area (Å²) in [6.07, 6.45) is -1.31. The van der Waals surface area contributed by atoms with Crippen molar-refractivity contribution in [1.82, 2.24) is 0 Å². The van der Waals surface area contributed by atoms with Crippen LogP contribution >= 0.6 is 11.6 Å². The van der Waals surface area contributed by atoms with Crippen LogP contribution in [0.1, 0.15) is 11.9 Å². The van der Waals surface area contributed by atoms with Crippen molar-refractivity contribution >= 4 is 11.6 Å². The third-order valence-electron chi connectivity index (χ3n) is 1.29. The second-order valence-corrected chi connectivity index (χ2v) is 2.51. The summed E-state index contributed by atoms with van der Waals surface area (Å²) < 4.78 is 0. The van der Waals surface area contributed by atoms with Crippen LogP contribution in [0.5, 0.6) is 0 Å². The van der Waals surface area contributed by atoms with Gasteiger partial charge in [0.2, 0.25) is 6.29 Å². The van der Waals surface area contributed by atoms with E-state index >= 15 is 0 Å². The Morgan fingerprint density at radius 1 is 1.25 bits per heavy atom. The number of hydrogen-bond acceptors (Lipinski definition) is 4. The first-order valence-corrected chi connectivity index (χ1v) is 3.52. The fourth-order valence-corrected chi connectivity index (χ4v) is 0.850. The number of benzene rings is 1. The van der Waals surface area contributed by atoms with Crippen LogP contribution in [-0.2, 0) is 9.93 Å². The van der Waals surface area contributed by atoms with Gasteiger partial charge in [0.25, 0.3) is 0 Å². The van der Waals surface area contributed by atoms with Gasteiger partial charge in [-0.2, -0.15) is 4.89 Å². The van der Waals surface area contributed by atoms with E-state index in [1.165, 1.54) is 0 Å². The smallest absolute Gasteiger partial charge is 0.218 e. The van der Waals surface area contributed by atoms with Crippen LogP contribution < -0.4 is 0 Å². The molecule has 1 unspecified atom stereocenters. The third-order valence-corrected chi connectivity index (χ3v) is 1.54. The monoisotopic (exact) mass is 190 g/mol. The van der Waals surface area contributed by atoms with E-state index in [2.05, 4.69) is 9.93 Å². The van der Waals surface area contributed by atoms with E-state index in [0.29, 0.717) is 10.6 Å². The minimum Gasteiger partial charge on any atom is -0.362 e. The molecule has 0 spiro atoms. The molecule has 1 aromatic rings. The Labute approximate surface area is 73.8 Å². The lowest BCUT2D eigenvalue weighted by molar-refractivity contribution is -0.530. The second-order valence-electron chi connectivity index (χ2n) is 2.07. The molecule has 0 aromatic heterocycles. The molecule has 1 atom stereocenters. The fourth-order valence-electron chi connectivity index (χ4n) is 0.724. The van der Waals surface area contributed by atoms with Gasteiger partial charge in [-0.3, -0.25) is 0 Å². The first-order chi connectivity index (χ1) is 5.74. The minimum atomic E-state index is -1.31. The summed E-state index contributed by atoms with van der Waals surface area (Å²) in [6, 6.07) is 6.26. The average Bonchev–Trinajstić information content (AvgIpc) is 2.06. The number of aliphatic hydroxyl groups excluding tert-OH is 1. The van der Waals surface area contributed by atoms with Gasteiger partial charge < -0.3 is 5.11 Å². The molecule has 12 heavy (non-hydrogen) atoms. The van der Waals surface area contributed by atoms with E-state index < -0.39 is 6.29 Å². The van der Waals surface area contributed by atoms with Crippen LogP contribution in [0.15, 0.2) is 24.3 Å². The Kier molecular flexibility index (Phi) is 3.46. The average molecular weight is 191 g/mol. The Hall–Kier alpha value is -0.650. The molecule has 5 heteroatoms. The van der Waals surface area contributed by atoms with Gasteiger partial charge in [0.1, 0.15) is 0 Å². The summed E-state index contributed by atoms with van der Waals surface area (Å²) in [7, 11) is 0. The molecular formula is C7H7ClO4. The van der Waals surface area contributed by atoms with Crippen molar-refractivity contribution in [1.29, 1.82) is 0 Å². The van der Waals surface area contributed by atoms with Gasteiger partial charge in [-0.1, -0.05) is 28.8 Å². The van der Waals surface area contributed by atoms with Gasteiger partial charge in [0.05, 0.1) is 0 Å². The zero-order valence-electron chi connectivity index (χ0n) is 5.98. The minimum absolute atomic E-state index is 0.438. The third kappa shape index (κ3) is 2.44. The quantitative estimate of drug-likeness (QED) is 0.433. The van der Waals surface area contributed by atoms with Crippen molar-refractivity contribution in [3.05, 3.63) is 34.9 Å². The van der Waals surface area contributed by atoms with E-state index in [0.717, 1.165) is 0 Å². The van der Waals surface area contributed by atoms with Crippen molar-refractivity contribution in [2.75, 3.05) is 0 Å². The lowest BCUT2D eigenvalue weighted by Crippen LogP contribution is -2.01. The predicted octanol–water partition coefficient (Wildman–Crippen LogP) is 1.75. The summed E-state index contributed by atoms with van der Waals surface area (Å²) in [5.74, 6) is 0. The molecule has 0 saturated heterocycles. The van der Waals surface area contributed by atoms with E-state index in [-0.39, 0.29) is 0 Å². The zero-order chi connectivity index (χ0) is 8.97. The fraction of sp³-hybridized carbons (Fsp3) is 0.143. The van der Waals surface area contributed by atoms with Crippen LogP contribution in [0.25, 0.3) is 0 Å². The van der Waals surface area contributed by atoms with Crippen LogP contribution in [-0.4, -0.2) is 10.4 Å². The zero-order valence-corrected chi connectivity index (χ0v) is 6.73. The first-order valence-electron chi connectivity index (χ1n) is 3.14. The van der Waals surface area contributed by atoms with Crippen molar-refractivity contribution in [2.45, 2.75) is 6.29 Å². The van der Waals surface area contributed by atoms with Crippen LogP contribution in [0.4, 0.5) is 0 Å². The summed E-state index contributed by atoms with van der Waals surface area (Å²) >= 11 is 5.59. The lowest BCUT2D eigenvalue weighted by atomic mass is 10.2. The molecule has 1 rings (SSSR count). The highest BCUT2D eigenvalue weighted by molar-refractivity contribution is 6.30. The Morgan fingerprint density at radius 2 is 1.83 bits per heavy atom. The summed E-state index contributed by atoms with van der Waals surface area (Å²) in [5, 5.41) is 20.8. The number of hydrogen-bond donors (Lipinski definition) is 2. The maximum atomic E-state index is 9.06. The predicted molar refractivity (Wildman–Crippen MR) is 41.2 cm³/mol. The van der Waals surface area contributed by atoms with Gasteiger partial charge in [0.15, 0.2) is 0 Å². The van der Waals surface area contributed by atoms with Crippen LogP contribution in [0, 0.1) is 0 Å². The summed E-state index contributed by atoms with van der Waals surface area (Å²) in [4.78, 5) is 4.04. The maximum absolute atomic E-state index is 9.06. The molecule has 0 radical (unpaired) electrons. The lowest BCUT2D eigenvalue weighted by Gasteiger charge is -2.06. The van der Waals surface area contributed by atoms with Gasteiger partial charge >= 0.3 is 0 Å². The Balaban J connectivity index is 2.68. The molecule has 0 aliphatic heterocycles. The molecule has 0 heterocycles. The maximum Gasteiger partial charge on any atom is 0.218 e. The van der Waals surface area contributed by atoms with Crippen molar-refractivity contribution in [3.8, 4) is 0 Å². The van der Waals surface area contributed by atoms with E-state index in [1.54, 1.807) is 24.3 Å². The SMILES string of the molecule is OOOC(O)c1ccc(Cl)cc1. The molecule has 0 amide bonds. The van der Waals surface area contributed by atoms with Gasteiger partial charge in [-0.15, -0.1) is 0 Å². The molecule has 0 aliphatic rings. The normalized spacial score (nSPS) is 12.9. The van der Waals surface area contributed by atoms with Crippen molar-refractivity contribution < 1.29 is 20.3 Å². The molecule has 4 nitrogen and oxygen atoms in total. The number of rotatable bonds is 3. The summed E-state index contributed by atoms with van der Waals surface area (Å²) in [5.41, 5.74) is 0.438. The van der Waals surface area contributed by atoms with Crippen molar-refractivity contribution in [3.63, 3.8) is 0 Å². The molecule has 2 N–H and O–H groups in total. The highest BCUT2D eigenvalue weighted by Gasteiger charge is 2.07. The highest BCUT2D eigenvalue weighted by atomic mass is 35.5. The molecule has 1 aromatic carbocycles. The van der Waals surface area contributed by atoms with E-state index in [1.807, 2.05) is 0 Å². The van der Waals surface area contributed by atoms with Gasteiger partial charge in [-0.05, 0) is 12.1 Å². The standard InChI is InChI=1S/C7H7ClO4/c8-6-3-1-5(2-4-6)7(9)11-12-10/h1-4,7,9-10H.